The van der Waals surface area contributed by atoms with Gasteiger partial charge in [0.15, 0.2) is 0 Å². The van der Waals surface area contributed by atoms with E-state index in [1.807, 2.05) is 60.3 Å². The van der Waals surface area contributed by atoms with Crippen LogP contribution >= 0.6 is 11.6 Å². The minimum absolute atomic E-state index is 0.276. The van der Waals surface area contributed by atoms with E-state index < -0.39 is 0 Å². The molecule has 7 heteroatoms. The zero-order valence-corrected chi connectivity index (χ0v) is 16.1. The van der Waals surface area contributed by atoms with Crippen molar-refractivity contribution in [3.8, 4) is 5.75 Å². The first kappa shape index (κ1) is 18.8. The topological polar surface area (TPSA) is 76.9 Å². The van der Waals surface area contributed by atoms with Crippen LogP contribution in [0.1, 0.15) is 11.1 Å². The average molecular weight is 384 g/mol. The van der Waals surface area contributed by atoms with Gasteiger partial charge in [-0.2, -0.15) is 5.10 Å². The van der Waals surface area contributed by atoms with E-state index in [1.165, 1.54) is 0 Å². The highest BCUT2D eigenvalue weighted by Crippen LogP contribution is 2.24. The number of halogens is 1. The summed E-state index contributed by atoms with van der Waals surface area (Å²) < 4.78 is 7.34. The van der Waals surface area contributed by atoms with Crippen molar-refractivity contribution in [2.75, 3.05) is 13.7 Å². The number of fused-ring (bicyclic) bond motifs is 1. The maximum atomic E-state index is 5.88. The first-order valence-electron chi connectivity index (χ1n) is 8.53. The Morgan fingerprint density at radius 3 is 2.78 bits per heavy atom. The smallest absolute Gasteiger partial charge is 0.209 e. The number of benzene rings is 2. The highest BCUT2D eigenvalue weighted by Gasteiger charge is 2.06. The van der Waals surface area contributed by atoms with Crippen LogP contribution in [0.2, 0.25) is 5.02 Å². The Balaban J connectivity index is 1.61. The molecule has 0 saturated carbocycles. The predicted octanol–water partition coefficient (Wildman–Crippen LogP) is 3.32. The molecule has 0 aliphatic heterocycles. The lowest BCUT2D eigenvalue weighted by atomic mass is 10.1. The summed E-state index contributed by atoms with van der Waals surface area (Å²) in [5, 5.41) is 5.98. The SMILES string of the molecule is COc1ccc2c(c1)c(/C=N/NC(N)=NCCc1ccc(Cl)cc1)cn2C. The van der Waals surface area contributed by atoms with E-state index >= 15 is 0 Å². The van der Waals surface area contributed by atoms with Gasteiger partial charge in [-0.15, -0.1) is 0 Å². The molecule has 27 heavy (non-hydrogen) atoms. The van der Waals surface area contributed by atoms with Crippen molar-refractivity contribution in [1.82, 2.24) is 9.99 Å². The molecule has 0 aliphatic rings. The number of hydrogen-bond acceptors (Lipinski definition) is 3. The van der Waals surface area contributed by atoms with E-state index in [1.54, 1.807) is 13.3 Å². The van der Waals surface area contributed by atoms with Gasteiger partial charge in [0.2, 0.25) is 5.96 Å². The quantitative estimate of drug-likeness (QED) is 0.389. The van der Waals surface area contributed by atoms with Gasteiger partial charge >= 0.3 is 0 Å². The van der Waals surface area contributed by atoms with Crippen LogP contribution < -0.4 is 15.9 Å². The molecule has 0 atom stereocenters. The van der Waals surface area contributed by atoms with Crippen molar-refractivity contribution in [2.24, 2.45) is 22.9 Å². The number of aromatic nitrogens is 1. The molecule has 0 fully saturated rings. The van der Waals surface area contributed by atoms with Gasteiger partial charge in [0.05, 0.1) is 13.3 Å². The molecule has 6 nitrogen and oxygen atoms in total. The van der Waals surface area contributed by atoms with Crippen LogP contribution in [0.25, 0.3) is 10.9 Å². The molecule has 0 unspecified atom stereocenters. The Labute approximate surface area is 163 Å². The van der Waals surface area contributed by atoms with E-state index in [2.05, 4.69) is 15.5 Å². The second-order valence-corrected chi connectivity index (χ2v) is 6.53. The Kier molecular flexibility index (Phi) is 5.98. The fourth-order valence-electron chi connectivity index (χ4n) is 2.79. The molecule has 3 rings (SSSR count). The third-order valence-corrected chi connectivity index (χ3v) is 4.46. The van der Waals surface area contributed by atoms with Gasteiger partial charge in [0.25, 0.3) is 0 Å². The normalized spacial score (nSPS) is 12.0. The lowest BCUT2D eigenvalue weighted by Crippen LogP contribution is -2.27. The average Bonchev–Trinajstić information content (AvgIpc) is 2.98. The van der Waals surface area contributed by atoms with Gasteiger partial charge in [-0.3, -0.25) is 4.99 Å². The first-order chi connectivity index (χ1) is 13.1. The van der Waals surface area contributed by atoms with Crippen LogP contribution in [0.5, 0.6) is 5.75 Å². The second kappa shape index (κ2) is 8.60. The Morgan fingerprint density at radius 2 is 2.04 bits per heavy atom. The van der Waals surface area contributed by atoms with Crippen LogP contribution in [0.4, 0.5) is 0 Å². The standard InChI is InChI=1S/C20H22ClN5O/c1-26-13-15(18-11-17(27-2)7-8-19(18)26)12-24-25-20(22)23-10-9-14-3-5-16(21)6-4-14/h3-8,11-13H,9-10H2,1-2H3,(H3,22,23,25)/b24-12+. The van der Waals surface area contributed by atoms with Crippen LogP contribution in [-0.2, 0) is 13.5 Å². The van der Waals surface area contributed by atoms with Crippen molar-refractivity contribution in [1.29, 1.82) is 0 Å². The summed E-state index contributed by atoms with van der Waals surface area (Å²) in [6.45, 7) is 0.571. The number of methoxy groups -OCH3 is 1. The van der Waals surface area contributed by atoms with Gasteiger partial charge in [-0.25, -0.2) is 5.43 Å². The molecule has 3 aromatic rings. The van der Waals surface area contributed by atoms with Gasteiger partial charge in [-0.05, 0) is 42.3 Å². The van der Waals surface area contributed by atoms with E-state index in [4.69, 9.17) is 22.1 Å². The van der Waals surface area contributed by atoms with E-state index in [0.717, 1.165) is 39.2 Å². The molecule has 0 aliphatic carbocycles. The van der Waals surface area contributed by atoms with Gasteiger partial charge in [-0.1, -0.05) is 23.7 Å². The van der Waals surface area contributed by atoms with Crippen LogP contribution in [-0.4, -0.2) is 30.4 Å². The number of aryl methyl sites for hydroxylation is 1. The van der Waals surface area contributed by atoms with Crippen molar-refractivity contribution < 1.29 is 4.74 Å². The van der Waals surface area contributed by atoms with Crippen LogP contribution in [0.15, 0.2) is 58.8 Å². The second-order valence-electron chi connectivity index (χ2n) is 6.09. The molecule has 140 valence electrons. The van der Waals surface area contributed by atoms with Crippen molar-refractivity contribution in [3.05, 3.63) is 64.8 Å². The largest absolute Gasteiger partial charge is 0.497 e. The van der Waals surface area contributed by atoms with Gasteiger partial charge in [0, 0.05) is 41.3 Å². The molecule has 0 amide bonds. The van der Waals surface area contributed by atoms with Crippen molar-refractivity contribution >= 4 is 34.7 Å². The summed E-state index contributed by atoms with van der Waals surface area (Å²) >= 11 is 5.88. The molecule has 0 bridgehead atoms. The summed E-state index contributed by atoms with van der Waals surface area (Å²) in [6.07, 6.45) is 4.51. The minimum atomic E-state index is 0.276. The number of nitrogens with zero attached hydrogens (tertiary/aromatic N) is 3. The molecular weight excluding hydrogens is 362 g/mol. The number of nitrogens with two attached hydrogens (primary N) is 1. The predicted molar refractivity (Wildman–Crippen MR) is 112 cm³/mol. The zero-order chi connectivity index (χ0) is 19.2. The highest BCUT2D eigenvalue weighted by molar-refractivity contribution is 6.30. The molecule has 2 aromatic carbocycles. The van der Waals surface area contributed by atoms with Gasteiger partial charge < -0.3 is 15.0 Å². The third kappa shape index (κ3) is 4.80. The molecular formula is C20H22ClN5O. The first-order valence-corrected chi connectivity index (χ1v) is 8.91. The molecule has 0 radical (unpaired) electrons. The third-order valence-electron chi connectivity index (χ3n) is 4.21. The lowest BCUT2D eigenvalue weighted by molar-refractivity contribution is 0.415. The maximum Gasteiger partial charge on any atom is 0.209 e. The summed E-state index contributed by atoms with van der Waals surface area (Å²) in [6, 6.07) is 13.6. The van der Waals surface area contributed by atoms with E-state index in [9.17, 15) is 0 Å². The number of guanidine groups is 1. The van der Waals surface area contributed by atoms with Crippen molar-refractivity contribution in [3.63, 3.8) is 0 Å². The number of aliphatic imine (C=N–C) groups is 1. The Bertz CT molecular complexity index is 976. The summed E-state index contributed by atoms with van der Waals surface area (Å²) in [4.78, 5) is 4.28. The lowest BCUT2D eigenvalue weighted by Gasteiger charge is -2.01. The number of rotatable bonds is 6. The monoisotopic (exact) mass is 383 g/mol. The molecule has 3 N–H and O–H groups in total. The Hall–Kier alpha value is -2.99. The number of hydrazone groups is 1. The molecule has 0 spiro atoms. The zero-order valence-electron chi connectivity index (χ0n) is 15.3. The van der Waals surface area contributed by atoms with Crippen LogP contribution in [0.3, 0.4) is 0 Å². The molecule has 0 saturated heterocycles. The Morgan fingerprint density at radius 1 is 1.26 bits per heavy atom. The van der Waals surface area contributed by atoms with Crippen LogP contribution in [0, 0.1) is 0 Å². The number of ether oxygens (including phenoxy) is 1. The van der Waals surface area contributed by atoms with E-state index in [-0.39, 0.29) is 5.96 Å². The number of nitrogens with one attached hydrogen (secondary N) is 1. The highest BCUT2D eigenvalue weighted by atomic mass is 35.5. The minimum Gasteiger partial charge on any atom is -0.497 e. The fourth-order valence-corrected chi connectivity index (χ4v) is 2.92. The summed E-state index contributed by atoms with van der Waals surface area (Å²) in [5.74, 6) is 1.08. The molecule has 1 heterocycles. The van der Waals surface area contributed by atoms with E-state index in [0.29, 0.717) is 6.54 Å². The van der Waals surface area contributed by atoms with Crippen molar-refractivity contribution in [2.45, 2.75) is 6.42 Å². The fraction of sp³-hybridized carbons (Fsp3) is 0.200. The van der Waals surface area contributed by atoms with Gasteiger partial charge in [0.1, 0.15) is 5.75 Å². The number of hydrogen-bond donors (Lipinski definition) is 2. The summed E-state index contributed by atoms with van der Waals surface area (Å²) in [5.41, 5.74) is 11.9. The molecule has 1 aromatic heterocycles. The maximum absolute atomic E-state index is 5.88. The summed E-state index contributed by atoms with van der Waals surface area (Å²) in [7, 11) is 3.65.